The van der Waals surface area contributed by atoms with Gasteiger partial charge in [-0.15, -0.1) is 0 Å². The fraction of sp³-hybridized carbons (Fsp3) is 0.143. The summed E-state index contributed by atoms with van der Waals surface area (Å²) in [6.07, 6.45) is 0. The molecule has 0 atom stereocenters. The van der Waals surface area contributed by atoms with Crippen LogP contribution < -0.4 is 9.46 Å². The third kappa shape index (κ3) is 2.48. The SMILES string of the molecule is COc1ccc(NS(=O)(=O)c2cccc3nonc23)c(C)c1. The quantitative estimate of drug-likeness (QED) is 0.793. The van der Waals surface area contributed by atoms with Gasteiger partial charge in [-0.1, -0.05) is 6.07 Å². The molecule has 0 fully saturated rings. The van der Waals surface area contributed by atoms with Gasteiger partial charge in [0.25, 0.3) is 10.0 Å². The van der Waals surface area contributed by atoms with Crippen molar-refractivity contribution in [2.24, 2.45) is 0 Å². The Bertz CT molecular complexity index is 934. The molecule has 2 aromatic carbocycles. The monoisotopic (exact) mass is 319 g/mol. The highest BCUT2D eigenvalue weighted by Crippen LogP contribution is 2.26. The maximum Gasteiger partial charge on any atom is 0.264 e. The molecule has 1 N–H and O–H groups in total. The predicted octanol–water partition coefficient (Wildman–Crippen LogP) is 2.34. The molecule has 1 heterocycles. The molecule has 0 bridgehead atoms. The summed E-state index contributed by atoms with van der Waals surface area (Å²) in [4.78, 5) is 0.0152. The molecule has 114 valence electrons. The lowest BCUT2D eigenvalue weighted by atomic mass is 10.2. The van der Waals surface area contributed by atoms with Gasteiger partial charge in [0.1, 0.15) is 16.2 Å². The zero-order chi connectivity index (χ0) is 15.7. The highest BCUT2D eigenvalue weighted by atomic mass is 32.2. The predicted molar refractivity (Wildman–Crippen MR) is 80.3 cm³/mol. The van der Waals surface area contributed by atoms with E-state index in [1.165, 1.54) is 6.07 Å². The number of aromatic nitrogens is 2. The normalized spacial score (nSPS) is 11.5. The minimum atomic E-state index is -3.81. The second kappa shape index (κ2) is 5.30. The van der Waals surface area contributed by atoms with E-state index in [-0.39, 0.29) is 10.4 Å². The van der Waals surface area contributed by atoms with E-state index in [0.29, 0.717) is 17.0 Å². The van der Waals surface area contributed by atoms with E-state index in [1.807, 2.05) is 0 Å². The zero-order valence-corrected chi connectivity index (χ0v) is 12.7. The Kier molecular flexibility index (Phi) is 3.45. The molecule has 7 nitrogen and oxygen atoms in total. The minimum absolute atomic E-state index is 0.0152. The Morgan fingerprint density at radius 2 is 2.00 bits per heavy atom. The van der Waals surface area contributed by atoms with Gasteiger partial charge >= 0.3 is 0 Å². The summed E-state index contributed by atoms with van der Waals surface area (Å²) in [6.45, 7) is 1.79. The Hall–Kier alpha value is -2.61. The van der Waals surface area contributed by atoms with Crippen molar-refractivity contribution in [2.45, 2.75) is 11.8 Å². The van der Waals surface area contributed by atoms with Gasteiger partial charge in [-0.2, -0.15) is 0 Å². The number of aryl methyl sites for hydroxylation is 1. The lowest BCUT2D eigenvalue weighted by Crippen LogP contribution is -2.14. The largest absolute Gasteiger partial charge is 0.497 e. The van der Waals surface area contributed by atoms with Gasteiger partial charge in [0.05, 0.1) is 12.8 Å². The molecule has 0 saturated carbocycles. The summed E-state index contributed by atoms with van der Waals surface area (Å²) in [5.74, 6) is 0.656. The average Bonchev–Trinajstić information content (AvgIpc) is 2.97. The summed E-state index contributed by atoms with van der Waals surface area (Å²) in [5, 5.41) is 7.30. The summed E-state index contributed by atoms with van der Waals surface area (Å²) < 4.78 is 37.4. The molecule has 0 spiro atoms. The van der Waals surface area contributed by atoms with Crippen LogP contribution in [0.2, 0.25) is 0 Å². The van der Waals surface area contributed by atoms with Crippen LogP contribution in [0.4, 0.5) is 5.69 Å². The van der Waals surface area contributed by atoms with Crippen molar-refractivity contribution in [3.63, 3.8) is 0 Å². The molecule has 0 unspecified atom stereocenters. The summed E-state index contributed by atoms with van der Waals surface area (Å²) in [6, 6.07) is 9.74. The smallest absolute Gasteiger partial charge is 0.264 e. The number of hydrogen-bond acceptors (Lipinski definition) is 6. The van der Waals surface area contributed by atoms with Crippen LogP contribution in [0, 0.1) is 6.92 Å². The second-order valence-corrected chi connectivity index (χ2v) is 6.33. The number of sulfonamides is 1. The zero-order valence-electron chi connectivity index (χ0n) is 11.9. The fourth-order valence-corrected chi connectivity index (χ4v) is 3.36. The molecular formula is C14H13N3O4S. The topological polar surface area (TPSA) is 94.3 Å². The molecule has 22 heavy (non-hydrogen) atoms. The molecule has 0 radical (unpaired) electrons. The second-order valence-electron chi connectivity index (χ2n) is 4.67. The van der Waals surface area contributed by atoms with Crippen molar-refractivity contribution >= 4 is 26.7 Å². The van der Waals surface area contributed by atoms with Crippen LogP contribution in [0.1, 0.15) is 5.56 Å². The van der Waals surface area contributed by atoms with Gasteiger partial charge in [0.15, 0.2) is 5.52 Å². The van der Waals surface area contributed by atoms with Crippen LogP contribution in [0.25, 0.3) is 11.0 Å². The van der Waals surface area contributed by atoms with Crippen LogP contribution in [0.5, 0.6) is 5.75 Å². The molecule has 3 rings (SSSR count). The number of benzene rings is 2. The molecule has 0 amide bonds. The lowest BCUT2D eigenvalue weighted by molar-refractivity contribution is 0.315. The first kappa shape index (κ1) is 14.3. The summed E-state index contributed by atoms with van der Waals surface area (Å²) in [5.41, 5.74) is 1.79. The molecule has 1 aromatic heterocycles. The van der Waals surface area contributed by atoms with Crippen molar-refractivity contribution in [2.75, 3.05) is 11.8 Å². The number of ether oxygens (including phenoxy) is 1. The van der Waals surface area contributed by atoms with Crippen LogP contribution in [-0.2, 0) is 10.0 Å². The number of nitrogens with zero attached hydrogens (tertiary/aromatic N) is 2. The average molecular weight is 319 g/mol. The molecular weight excluding hydrogens is 306 g/mol. The van der Waals surface area contributed by atoms with Crippen LogP contribution in [-0.4, -0.2) is 25.8 Å². The number of fused-ring (bicyclic) bond motifs is 1. The number of rotatable bonds is 4. The standard InChI is InChI=1S/C14H13N3O4S/c1-9-8-10(20-2)6-7-11(9)17-22(18,19)13-5-3-4-12-14(13)16-21-15-12/h3-8,17H,1-2H3. The van der Waals surface area contributed by atoms with Crippen molar-refractivity contribution in [3.8, 4) is 5.75 Å². The molecule has 0 aliphatic carbocycles. The Morgan fingerprint density at radius 3 is 2.73 bits per heavy atom. The van der Waals surface area contributed by atoms with Crippen LogP contribution in [0.15, 0.2) is 45.9 Å². The van der Waals surface area contributed by atoms with Gasteiger partial charge < -0.3 is 4.74 Å². The van der Waals surface area contributed by atoms with E-state index in [4.69, 9.17) is 4.74 Å². The Labute approximate surface area is 126 Å². The van der Waals surface area contributed by atoms with Crippen molar-refractivity contribution in [1.82, 2.24) is 10.3 Å². The third-order valence-corrected chi connectivity index (χ3v) is 4.61. The number of hydrogen-bond donors (Lipinski definition) is 1. The molecule has 8 heteroatoms. The van der Waals surface area contributed by atoms with Gasteiger partial charge in [0, 0.05) is 0 Å². The first-order valence-electron chi connectivity index (χ1n) is 6.40. The van der Waals surface area contributed by atoms with Crippen molar-refractivity contribution in [3.05, 3.63) is 42.0 Å². The number of anilines is 1. The van der Waals surface area contributed by atoms with Gasteiger partial charge in [-0.05, 0) is 53.1 Å². The van der Waals surface area contributed by atoms with Crippen molar-refractivity contribution < 1.29 is 17.8 Å². The summed E-state index contributed by atoms with van der Waals surface area (Å²) in [7, 11) is -2.25. The molecule has 3 aromatic rings. The van der Waals surface area contributed by atoms with E-state index >= 15 is 0 Å². The lowest BCUT2D eigenvalue weighted by Gasteiger charge is -2.11. The Morgan fingerprint density at radius 1 is 1.18 bits per heavy atom. The first-order chi connectivity index (χ1) is 10.5. The van der Waals surface area contributed by atoms with Crippen LogP contribution >= 0.6 is 0 Å². The van der Waals surface area contributed by atoms with E-state index < -0.39 is 10.0 Å². The van der Waals surface area contributed by atoms with E-state index in [1.54, 1.807) is 44.4 Å². The Balaban J connectivity index is 2.02. The van der Waals surface area contributed by atoms with E-state index in [2.05, 4.69) is 19.7 Å². The summed E-state index contributed by atoms with van der Waals surface area (Å²) >= 11 is 0. The number of methoxy groups -OCH3 is 1. The minimum Gasteiger partial charge on any atom is -0.497 e. The number of nitrogens with one attached hydrogen (secondary N) is 1. The van der Waals surface area contributed by atoms with Gasteiger partial charge in [-0.3, -0.25) is 4.72 Å². The van der Waals surface area contributed by atoms with Crippen molar-refractivity contribution in [1.29, 1.82) is 0 Å². The third-order valence-electron chi connectivity index (χ3n) is 3.22. The highest BCUT2D eigenvalue weighted by molar-refractivity contribution is 7.93. The first-order valence-corrected chi connectivity index (χ1v) is 7.88. The molecule has 0 aliphatic heterocycles. The highest BCUT2D eigenvalue weighted by Gasteiger charge is 2.21. The van der Waals surface area contributed by atoms with Crippen LogP contribution in [0.3, 0.4) is 0 Å². The molecule has 0 aliphatic rings. The van der Waals surface area contributed by atoms with E-state index in [9.17, 15) is 8.42 Å². The van der Waals surface area contributed by atoms with E-state index in [0.717, 1.165) is 5.56 Å². The van der Waals surface area contributed by atoms with Gasteiger partial charge in [-0.25, -0.2) is 13.0 Å². The maximum atomic E-state index is 12.6. The van der Waals surface area contributed by atoms with Gasteiger partial charge in [0.2, 0.25) is 0 Å². The molecule has 0 saturated heterocycles. The fourth-order valence-electron chi connectivity index (χ4n) is 2.08. The maximum absolute atomic E-state index is 12.6.